The van der Waals surface area contributed by atoms with Crippen molar-refractivity contribution in [2.75, 3.05) is 6.54 Å². The van der Waals surface area contributed by atoms with Crippen molar-refractivity contribution in [3.05, 3.63) is 35.1 Å². The molecule has 76 valence electrons. The maximum absolute atomic E-state index is 13.1. The van der Waals surface area contributed by atoms with Crippen LogP contribution in [0.2, 0.25) is 0 Å². The fourth-order valence-electron chi connectivity index (χ4n) is 2.13. The second-order valence-electron chi connectivity index (χ2n) is 4.33. The molecule has 1 unspecified atom stereocenters. The Morgan fingerprint density at radius 3 is 2.79 bits per heavy atom. The van der Waals surface area contributed by atoms with E-state index >= 15 is 0 Å². The summed E-state index contributed by atoms with van der Waals surface area (Å²) < 4.78 is 13.1. The van der Waals surface area contributed by atoms with Crippen molar-refractivity contribution in [1.82, 2.24) is 5.32 Å². The van der Waals surface area contributed by atoms with Gasteiger partial charge in [0.05, 0.1) is 0 Å². The Hall–Kier alpha value is -0.890. The Balaban J connectivity index is 2.36. The molecule has 1 aliphatic rings. The van der Waals surface area contributed by atoms with Gasteiger partial charge in [-0.15, -0.1) is 0 Å². The van der Waals surface area contributed by atoms with Crippen LogP contribution in [0, 0.1) is 12.7 Å². The van der Waals surface area contributed by atoms with Crippen LogP contribution >= 0.6 is 0 Å². The zero-order valence-electron chi connectivity index (χ0n) is 8.73. The summed E-state index contributed by atoms with van der Waals surface area (Å²) in [5, 5.41) is 3.47. The van der Waals surface area contributed by atoms with Crippen molar-refractivity contribution < 1.29 is 4.39 Å². The Labute approximate surface area is 84.3 Å². The topological polar surface area (TPSA) is 12.0 Å². The van der Waals surface area contributed by atoms with Crippen LogP contribution in [0.1, 0.15) is 30.9 Å². The Bertz CT molecular complexity index is 340. The van der Waals surface area contributed by atoms with Crippen LogP contribution in [0.4, 0.5) is 4.39 Å². The standard InChI is InChI=1S/C12H16FN/c1-9-8-10(4-5-11(9)13)12(2)6-3-7-14-12/h4-5,8,14H,3,6-7H2,1-2H3. The van der Waals surface area contributed by atoms with E-state index in [1.165, 1.54) is 12.0 Å². The van der Waals surface area contributed by atoms with Gasteiger partial charge >= 0.3 is 0 Å². The molecular formula is C12H16FN. The van der Waals surface area contributed by atoms with Gasteiger partial charge in [-0.2, -0.15) is 0 Å². The lowest BCUT2D eigenvalue weighted by atomic mass is 9.89. The Morgan fingerprint density at radius 2 is 2.21 bits per heavy atom. The first-order valence-corrected chi connectivity index (χ1v) is 5.13. The number of hydrogen-bond donors (Lipinski definition) is 1. The minimum atomic E-state index is -0.115. The first-order chi connectivity index (χ1) is 6.62. The molecule has 1 heterocycles. The van der Waals surface area contributed by atoms with Crippen LogP contribution in [0.25, 0.3) is 0 Å². The average molecular weight is 193 g/mol. The van der Waals surface area contributed by atoms with E-state index in [9.17, 15) is 4.39 Å². The van der Waals surface area contributed by atoms with Crippen molar-refractivity contribution in [1.29, 1.82) is 0 Å². The zero-order valence-corrected chi connectivity index (χ0v) is 8.73. The highest BCUT2D eigenvalue weighted by Gasteiger charge is 2.29. The Morgan fingerprint density at radius 1 is 1.43 bits per heavy atom. The molecule has 2 rings (SSSR count). The van der Waals surface area contributed by atoms with Gasteiger partial charge in [0, 0.05) is 5.54 Å². The molecule has 0 bridgehead atoms. The van der Waals surface area contributed by atoms with Crippen LogP contribution in [0.15, 0.2) is 18.2 Å². The molecule has 1 aliphatic heterocycles. The summed E-state index contributed by atoms with van der Waals surface area (Å²) in [6.45, 7) is 5.07. The van der Waals surface area contributed by atoms with Gasteiger partial charge in [-0.25, -0.2) is 4.39 Å². The van der Waals surface area contributed by atoms with Crippen LogP contribution in [-0.4, -0.2) is 6.54 Å². The second-order valence-corrected chi connectivity index (χ2v) is 4.33. The smallest absolute Gasteiger partial charge is 0.126 e. The van der Waals surface area contributed by atoms with E-state index < -0.39 is 0 Å². The highest BCUT2D eigenvalue weighted by molar-refractivity contribution is 5.30. The summed E-state index contributed by atoms with van der Waals surface area (Å²) in [7, 11) is 0. The van der Waals surface area contributed by atoms with Gasteiger partial charge in [-0.1, -0.05) is 12.1 Å². The number of halogens is 1. The summed E-state index contributed by atoms with van der Waals surface area (Å²) in [6.07, 6.45) is 2.34. The molecule has 14 heavy (non-hydrogen) atoms. The maximum atomic E-state index is 13.1. The third kappa shape index (κ3) is 1.55. The number of rotatable bonds is 1. The molecule has 1 fully saturated rings. The van der Waals surface area contributed by atoms with Crippen LogP contribution < -0.4 is 5.32 Å². The molecule has 0 radical (unpaired) electrons. The van der Waals surface area contributed by atoms with Gasteiger partial charge < -0.3 is 5.32 Å². The highest BCUT2D eigenvalue weighted by atomic mass is 19.1. The summed E-state index contributed by atoms with van der Waals surface area (Å²) >= 11 is 0. The first-order valence-electron chi connectivity index (χ1n) is 5.13. The predicted molar refractivity (Wildman–Crippen MR) is 55.7 cm³/mol. The lowest BCUT2D eigenvalue weighted by molar-refractivity contribution is 0.433. The fraction of sp³-hybridized carbons (Fsp3) is 0.500. The molecule has 1 nitrogen and oxygen atoms in total. The number of benzene rings is 1. The van der Waals surface area contributed by atoms with Crippen molar-refractivity contribution in [3.63, 3.8) is 0 Å². The van der Waals surface area contributed by atoms with E-state index in [-0.39, 0.29) is 11.4 Å². The van der Waals surface area contributed by atoms with Crippen LogP contribution in [0.5, 0.6) is 0 Å². The summed E-state index contributed by atoms with van der Waals surface area (Å²) in [6, 6.07) is 5.41. The van der Waals surface area contributed by atoms with Gasteiger partial charge in [-0.05, 0) is 50.4 Å². The first kappa shape index (κ1) is 9.66. The van der Waals surface area contributed by atoms with E-state index in [0.29, 0.717) is 0 Å². The van der Waals surface area contributed by atoms with Crippen LogP contribution in [0.3, 0.4) is 0 Å². The molecule has 2 heteroatoms. The van der Waals surface area contributed by atoms with Crippen molar-refractivity contribution >= 4 is 0 Å². The van der Waals surface area contributed by atoms with Gasteiger partial charge in [0.1, 0.15) is 5.82 Å². The second kappa shape index (κ2) is 3.35. The van der Waals surface area contributed by atoms with Crippen molar-refractivity contribution in [2.24, 2.45) is 0 Å². The minimum Gasteiger partial charge on any atom is -0.308 e. The quantitative estimate of drug-likeness (QED) is 0.723. The zero-order chi connectivity index (χ0) is 10.2. The maximum Gasteiger partial charge on any atom is 0.126 e. The number of aryl methyl sites for hydroxylation is 1. The van der Waals surface area contributed by atoms with Gasteiger partial charge in [-0.3, -0.25) is 0 Å². The van der Waals surface area contributed by atoms with Crippen molar-refractivity contribution in [2.45, 2.75) is 32.2 Å². The van der Waals surface area contributed by atoms with Crippen molar-refractivity contribution in [3.8, 4) is 0 Å². The monoisotopic (exact) mass is 193 g/mol. The summed E-state index contributed by atoms with van der Waals surface area (Å²) in [5.74, 6) is -0.115. The molecule has 0 aliphatic carbocycles. The molecule has 1 aromatic carbocycles. The molecule has 1 saturated heterocycles. The highest BCUT2D eigenvalue weighted by Crippen LogP contribution is 2.30. The van der Waals surface area contributed by atoms with Gasteiger partial charge in [0.15, 0.2) is 0 Å². The fourth-order valence-corrected chi connectivity index (χ4v) is 2.13. The van der Waals surface area contributed by atoms with Gasteiger partial charge in [0.25, 0.3) is 0 Å². The van der Waals surface area contributed by atoms with E-state index in [0.717, 1.165) is 18.5 Å². The predicted octanol–water partition coefficient (Wildman–Crippen LogP) is 2.73. The third-order valence-corrected chi connectivity index (χ3v) is 3.16. The SMILES string of the molecule is Cc1cc(C2(C)CCCN2)ccc1F. The lowest BCUT2D eigenvalue weighted by Crippen LogP contribution is -2.33. The summed E-state index contributed by atoms with van der Waals surface area (Å²) in [4.78, 5) is 0. The normalized spacial score (nSPS) is 26.8. The molecule has 0 saturated carbocycles. The molecule has 1 N–H and O–H groups in total. The van der Waals surface area contributed by atoms with E-state index in [2.05, 4.69) is 12.2 Å². The van der Waals surface area contributed by atoms with Crippen LogP contribution in [-0.2, 0) is 5.54 Å². The average Bonchev–Trinajstić information content (AvgIpc) is 2.58. The van der Waals surface area contributed by atoms with E-state index in [4.69, 9.17) is 0 Å². The van der Waals surface area contributed by atoms with Gasteiger partial charge in [0.2, 0.25) is 0 Å². The molecular weight excluding hydrogens is 177 g/mol. The number of nitrogens with one attached hydrogen (secondary N) is 1. The lowest BCUT2D eigenvalue weighted by Gasteiger charge is -2.25. The molecule has 0 amide bonds. The minimum absolute atomic E-state index is 0.0540. The number of hydrogen-bond acceptors (Lipinski definition) is 1. The van der Waals surface area contributed by atoms with E-state index in [1.807, 2.05) is 19.1 Å². The molecule has 0 aromatic heterocycles. The molecule has 1 atom stereocenters. The largest absolute Gasteiger partial charge is 0.308 e. The van der Waals surface area contributed by atoms with E-state index in [1.54, 1.807) is 6.07 Å². The molecule has 1 aromatic rings. The third-order valence-electron chi connectivity index (χ3n) is 3.16. The Kier molecular flexibility index (Phi) is 2.31. The molecule has 0 spiro atoms. The summed E-state index contributed by atoms with van der Waals surface area (Å²) in [5.41, 5.74) is 1.99.